The number of rotatable bonds is 11. The van der Waals surface area contributed by atoms with Gasteiger partial charge < -0.3 is 19.3 Å². The molecule has 0 bridgehead atoms. The molecule has 3 aromatic rings. The number of carboxylic acid groups (broad SMARTS) is 1. The second-order valence-corrected chi connectivity index (χ2v) is 10.2. The van der Waals surface area contributed by atoms with Gasteiger partial charge in [-0.3, -0.25) is 9.59 Å². The van der Waals surface area contributed by atoms with Gasteiger partial charge in [-0.2, -0.15) is 0 Å². The van der Waals surface area contributed by atoms with Crippen LogP contribution in [-0.2, 0) is 22.7 Å². The molecule has 35 heavy (non-hydrogen) atoms. The van der Waals surface area contributed by atoms with Gasteiger partial charge in [0.1, 0.15) is 16.4 Å². The first-order valence-electron chi connectivity index (χ1n) is 11.3. The molecule has 1 atom stereocenters. The molecule has 0 saturated heterocycles. The number of Topliss-reactive ketones (excluding diaryl/α,β-unsaturated/α-hetero) is 1. The monoisotopic (exact) mass is 496 g/mol. The third kappa shape index (κ3) is 5.92. The Balaban J connectivity index is 1.93. The molecule has 186 valence electrons. The maximum atomic E-state index is 12.3. The van der Waals surface area contributed by atoms with E-state index in [1.54, 1.807) is 27.0 Å². The van der Waals surface area contributed by atoms with Crippen molar-refractivity contribution in [2.75, 3.05) is 14.2 Å². The van der Waals surface area contributed by atoms with Crippen LogP contribution in [0.4, 0.5) is 0 Å². The van der Waals surface area contributed by atoms with Crippen LogP contribution < -0.4 is 9.47 Å². The number of ketones is 1. The second kappa shape index (κ2) is 11.1. The third-order valence-corrected chi connectivity index (χ3v) is 7.49. The number of methoxy groups -OCH3 is 2. The number of ether oxygens (including phenoxy) is 3. The van der Waals surface area contributed by atoms with E-state index in [1.165, 1.54) is 25.4 Å². The highest BCUT2D eigenvalue weighted by atomic mass is 32.1. The Morgan fingerprint density at radius 3 is 2.23 bits per heavy atom. The molecule has 1 N–H and O–H groups in total. The number of carboxylic acids is 1. The van der Waals surface area contributed by atoms with Crippen LogP contribution in [0.3, 0.4) is 0 Å². The van der Waals surface area contributed by atoms with E-state index in [-0.39, 0.29) is 5.78 Å². The van der Waals surface area contributed by atoms with Gasteiger partial charge in [0.2, 0.25) is 0 Å². The smallest absolute Gasteiger partial charge is 0.310 e. The summed E-state index contributed by atoms with van der Waals surface area (Å²) >= 11 is 1.29. The summed E-state index contributed by atoms with van der Waals surface area (Å²) < 4.78 is 16.6. The molecule has 1 heterocycles. The molecular weight excluding hydrogens is 464 g/mol. The minimum atomic E-state index is -1.12. The first-order valence-corrected chi connectivity index (χ1v) is 12.1. The van der Waals surface area contributed by atoms with Gasteiger partial charge in [-0.25, -0.2) is 0 Å². The summed E-state index contributed by atoms with van der Waals surface area (Å²) in [6, 6.07) is 15.5. The fraction of sp³-hybridized carbons (Fsp3) is 0.357. The van der Waals surface area contributed by atoms with Gasteiger partial charge in [-0.05, 0) is 61.2 Å². The van der Waals surface area contributed by atoms with Crippen molar-refractivity contribution in [2.45, 2.75) is 46.8 Å². The molecule has 0 radical (unpaired) electrons. The van der Waals surface area contributed by atoms with Crippen LogP contribution in [0.15, 0.2) is 48.5 Å². The topological polar surface area (TPSA) is 82.1 Å². The zero-order chi connectivity index (χ0) is 25.8. The van der Waals surface area contributed by atoms with Crippen LogP contribution in [0, 0.1) is 12.3 Å². The lowest BCUT2D eigenvalue weighted by atomic mass is 9.73. The van der Waals surface area contributed by atoms with Crippen LogP contribution in [0.5, 0.6) is 11.5 Å². The molecular formula is C28H32O6S. The number of hydrogen-bond donors (Lipinski definition) is 1. The lowest BCUT2D eigenvalue weighted by Gasteiger charge is -2.30. The number of thiophene rings is 1. The van der Waals surface area contributed by atoms with E-state index in [9.17, 15) is 14.7 Å². The fourth-order valence-electron chi connectivity index (χ4n) is 4.02. The van der Waals surface area contributed by atoms with Crippen molar-refractivity contribution in [3.63, 3.8) is 0 Å². The molecule has 0 fully saturated rings. The lowest BCUT2D eigenvalue weighted by molar-refractivity contribution is -0.147. The van der Waals surface area contributed by atoms with Crippen LogP contribution in [0.25, 0.3) is 0 Å². The van der Waals surface area contributed by atoms with E-state index in [1.807, 2.05) is 49.4 Å². The van der Waals surface area contributed by atoms with Crippen molar-refractivity contribution in [3.05, 3.63) is 80.5 Å². The molecule has 0 spiro atoms. The number of carbonyl (C=O) groups excluding carboxylic acids is 1. The minimum absolute atomic E-state index is 0.110. The summed E-state index contributed by atoms with van der Waals surface area (Å²) in [6.07, 6.45) is 0. The van der Waals surface area contributed by atoms with Gasteiger partial charge in [0, 0.05) is 17.7 Å². The maximum absolute atomic E-state index is 12.3. The molecule has 0 aliphatic heterocycles. The Labute approximate surface area is 210 Å². The largest absolute Gasteiger partial charge is 0.497 e. The van der Waals surface area contributed by atoms with Gasteiger partial charge in [0.05, 0.1) is 32.8 Å². The van der Waals surface area contributed by atoms with Crippen molar-refractivity contribution < 1.29 is 28.9 Å². The van der Waals surface area contributed by atoms with Crippen molar-refractivity contribution in [2.24, 2.45) is 5.41 Å². The summed E-state index contributed by atoms with van der Waals surface area (Å²) in [7, 11) is 3.15. The molecule has 0 aliphatic rings. The summed E-state index contributed by atoms with van der Waals surface area (Å²) in [6.45, 7) is 7.74. The fourth-order valence-corrected chi connectivity index (χ4v) is 5.36. The maximum Gasteiger partial charge on any atom is 0.310 e. The van der Waals surface area contributed by atoms with Crippen molar-refractivity contribution in [1.29, 1.82) is 0 Å². The number of benzene rings is 2. The first-order chi connectivity index (χ1) is 16.6. The van der Waals surface area contributed by atoms with Crippen LogP contribution >= 0.6 is 11.3 Å². The first kappa shape index (κ1) is 26.4. The number of carbonyl (C=O) groups is 2. The van der Waals surface area contributed by atoms with E-state index >= 15 is 0 Å². The zero-order valence-corrected chi connectivity index (χ0v) is 21.8. The van der Waals surface area contributed by atoms with E-state index < -0.39 is 17.3 Å². The average Bonchev–Trinajstić information content (AvgIpc) is 3.25. The highest BCUT2D eigenvalue weighted by Crippen LogP contribution is 2.46. The van der Waals surface area contributed by atoms with E-state index in [0.29, 0.717) is 23.8 Å². The predicted octanol–water partition coefficient (Wildman–Crippen LogP) is 6.24. The standard InChI is InChI=1S/C28H32O6S/c1-17-7-10-20(13-21(17)16-34-15-19-8-11-22(32-5)12-9-19)25(28(3,4)27(30)31)24-14-23(33-6)26(35-24)18(2)29/h7-14,25H,15-16H2,1-6H3,(H,30,31). The highest BCUT2D eigenvalue weighted by Gasteiger charge is 2.40. The van der Waals surface area contributed by atoms with Crippen molar-refractivity contribution in [3.8, 4) is 11.5 Å². The number of hydrogen-bond acceptors (Lipinski definition) is 6. The van der Waals surface area contributed by atoms with E-state index in [0.717, 1.165) is 32.9 Å². The molecule has 0 aliphatic carbocycles. The normalized spacial score (nSPS) is 12.3. The summed E-state index contributed by atoms with van der Waals surface area (Å²) in [5, 5.41) is 10.1. The van der Waals surface area contributed by atoms with E-state index in [4.69, 9.17) is 14.2 Å². The van der Waals surface area contributed by atoms with Gasteiger partial charge in [-0.1, -0.05) is 30.3 Å². The average molecular weight is 497 g/mol. The SMILES string of the molecule is COc1ccc(COCc2cc(C(c3cc(OC)c(C(C)=O)s3)C(C)(C)C(=O)O)ccc2C)cc1. The van der Waals surface area contributed by atoms with Crippen LogP contribution in [0.2, 0.25) is 0 Å². The Morgan fingerprint density at radius 2 is 1.69 bits per heavy atom. The van der Waals surface area contributed by atoms with E-state index in [2.05, 4.69) is 0 Å². The summed E-state index contributed by atoms with van der Waals surface area (Å²) in [4.78, 5) is 25.7. The molecule has 0 saturated carbocycles. The zero-order valence-electron chi connectivity index (χ0n) is 21.0. The third-order valence-electron chi connectivity index (χ3n) is 6.21. The van der Waals surface area contributed by atoms with Gasteiger partial charge in [-0.15, -0.1) is 11.3 Å². The molecule has 7 heteroatoms. The summed E-state index contributed by atoms with van der Waals surface area (Å²) in [5.74, 6) is -0.243. The molecule has 6 nitrogen and oxygen atoms in total. The molecule has 1 unspecified atom stereocenters. The van der Waals surface area contributed by atoms with Crippen molar-refractivity contribution in [1.82, 2.24) is 0 Å². The lowest BCUT2D eigenvalue weighted by Crippen LogP contribution is -2.31. The Bertz CT molecular complexity index is 1190. The quantitative estimate of drug-likeness (QED) is 0.317. The number of aliphatic carboxylic acids is 1. The minimum Gasteiger partial charge on any atom is -0.497 e. The Kier molecular flexibility index (Phi) is 8.35. The Morgan fingerprint density at radius 1 is 1.00 bits per heavy atom. The van der Waals surface area contributed by atoms with Crippen molar-refractivity contribution >= 4 is 23.1 Å². The van der Waals surface area contributed by atoms with Crippen LogP contribution in [-0.4, -0.2) is 31.1 Å². The molecule has 2 aromatic carbocycles. The molecule has 3 rings (SSSR count). The molecule has 0 amide bonds. The summed E-state index contributed by atoms with van der Waals surface area (Å²) in [5.41, 5.74) is 2.80. The highest BCUT2D eigenvalue weighted by molar-refractivity contribution is 7.14. The molecule has 1 aromatic heterocycles. The van der Waals surface area contributed by atoms with Gasteiger partial charge >= 0.3 is 5.97 Å². The Hall–Kier alpha value is -3.16. The predicted molar refractivity (Wildman–Crippen MR) is 137 cm³/mol. The second-order valence-electron chi connectivity index (χ2n) is 9.09. The van der Waals surface area contributed by atoms with Gasteiger partial charge in [0.25, 0.3) is 0 Å². The van der Waals surface area contributed by atoms with Crippen LogP contribution in [0.1, 0.15) is 63.5 Å². The van der Waals surface area contributed by atoms with Gasteiger partial charge in [0.15, 0.2) is 5.78 Å². The number of aryl methyl sites for hydroxylation is 1.